The molecule has 1 radical (unpaired) electrons. The van der Waals surface area contributed by atoms with Gasteiger partial charge >= 0.3 is 18.6 Å². The molecule has 0 spiro atoms. The van der Waals surface area contributed by atoms with Crippen LogP contribution in [0.3, 0.4) is 0 Å². The van der Waals surface area contributed by atoms with Gasteiger partial charge in [0.25, 0.3) is 0 Å². The molecule has 123 valence electrons. The van der Waals surface area contributed by atoms with Crippen molar-refractivity contribution in [2.45, 2.75) is 90.9 Å². The van der Waals surface area contributed by atoms with E-state index in [1.807, 2.05) is 0 Å². The third kappa shape index (κ3) is 32.8. The summed E-state index contributed by atoms with van der Waals surface area (Å²) >= 11 is 0. The maximum absolute atomic E-state index is 9.92. The molecule has 0 aromatic rings. The first-order valence-corrected chi connectivity index (χ1v) is 7.94. The Kier molecular flexibility index (Phi) is 26.5. The zero-order chi connectivity index (χ0) is 15.6. The quantitative estimate of drug-likeness (QED) is 0.511. The number of carbonyl (C=O) groups is 2. The fraction of sp³-hybridized carbons (Fsp3) is 0.875. The average molecular weight is 337 g/mol. The maximum Gasteiger partial charge on any atom is 2.00 e. The summed E-state index contributed by atoms with van der Waals surface area (Å²) in [6.07, 6.45) is 11.2. The monoisotopic (exact) mass is 337 g/mol. The van der Waals surface area contributed by atoms with Crippen LogP contribution in [-0.2, 0) is 28.1 Å². The fourth-order valence-electron chi connectivity index (χ4n) is 1.75. The van der Waals surface area contributed by atoms with Crippen LogP contribution in [0.15, 0.2) is 0 Å². The van der Waals surface area contributed by atoms with E-state index < -0.39 is 11.9 Å². The summed E-state index contributed by atoms with van der Waals surface area (Å²) < 4.78 is 0. The van der Waals surface area contributed by atoms with E-state index >= 15 is 0 Å². The summed E-state index contributed by atoms with van der Waals surface area (Å²) in [5.74, 6) is -1.84. The maximum atomic E-state index is 9.92. The third-order valence-corrected chi connectivity index (χ3v) is 2.97. The molecular formula is C16H30O4V. The normalized spacial score (nSPS) is 9.24. The molecule has 0 atom stereocenters. The summed E-state index contributed by atoms with van der Waals surface area (Å²) in [4.78, 5) is 19.8. The third-order valence-electron chi connectivity index (χ3n) is 2.97. The molecule has 0 N–H and O–H groups in total. The Balaban J connectivity index is -0.000000295. The Morgan fingerprint density at radius 1 is 0.619 bits per heavy atom. The van der Waals surface area contributed by atoms with E-state index in [-0.39, 0.29) is 31.4 Å². The second-order valence-corrected chi connectivity index (χ2v) is 5.07. The number of unbranched alkanes of at least 4 members (excludes halogenated alkanes) is 8. The number of carboxylic acid groups (broad SMARTS) is 2. The van der Waals surface area contributed by atoms with E-state index in [0.29, 0.717) is 0 Å². The smallest absolute Gasteiger partial charge is 0.550 e. The van der Waals surface area contributed by atoms with Crippen molar-refractivity contribution in [3.05, 3.63) is 0 Å². The number of carboxylic acids is 2. The first kappa shape index (κ1) is 25.5. The second-order valence-electron chi connectivity index (χ2n) is 5.07. The summed E-state index contributed by atoms with van der Waals surface area (Å²) in [7, 11) is 0. The molecule has 0 bridgehead atoms. The number of hydrogen-bond donors (Lipinski definition) is 0. The summed E-state index contributed by atoms with van der Waals surface area (Å²) in [5, 5.41) is 19.8. The number of rotatable bonds is 12. The molecule has 21 heavy (non-hydrogen) atoms. The van der Waals surface area contributed by atoms with Crippen LogP contribution in [0.25, 0.3) is 0 Å². The Morgan fingerprint density at radius 2 is 0.905 bits per heavy atom. The van der Waals surface area contributed by atoms with Crippen molar-refractivity contribution >= 4 is 11.9 Å². The topological polar surface area (TPSA) is 80.3 Å². The number of carbonyl (C=O) groups excluding carboxylic acids is 2. The number of aliphatic carboxylic acids is 2. The van der Waals surface area contributed by atoms with Gasteiger partial charge in [0.1, 0.15) is 0 Å². The molecule has 0 aliphatic rings. The molecule has 4 nitrogen and oxygen atoms in total. The van der Waals surface area contributed by atoms with Crippen molar-refractivity contribution in [1.82, 2.24) is 0 Å². The molecule has 0 unspecified atom stereocenters. The van der Waals surface area contributed by atoms with Crippen molar-refractivity contribution in [2.75, 3.05) is 0 Å². The Bertz CT molecular complexity index is 208. The summed E-state index contributed by atoms with van der Waals surface area (Å²) in [6.45, 7) is 4.28. The van der Waals surface area contributed by atoms with Crippen LogP contribution in [0, 0.1) is 0 Å². The predicted molar refractivity (Wildman–Crippen MR) is 76.8 cm³/mol. The van der Waals surface area contributed by atoms with E-state index in [1.165, 1.54) is 25.7 Å². The zero-order valence-corrected chi connectivity index (χ0v) is 15.0. The van der Waals surface area contributed by atoms with Crippen LogP contribution in [0.1, 0.15) is 90.9 Å². The van der Waals surface area contributed by atoms with E-state index in [9.17, 15) is 19.8 Å². The largest absolute Gasteiger partial charge is 2.00 e. The van der Waals surface area contributed by atoms with Gasteiger partial charge in [0, 0.05) is 11.9 Å². The van der Waals surface area contributed by atoms with Gasteiger partial charge in [-0.15, -0.1) is 0 Å². The molecule has 0 aromatic carbocycles. The van der Waals surface area contributed by atoms with Crippen LogP contribution in [0.5, 0.6) is 0 Å². The van der Waals surface area contributed by atoms with Crippen molar-refractivity contribution < 1.29 is 38.4 Å². The van der Waals surface area contributed by atoms with Crippen molar-refractivity contribution in [3.63, 3.8) is 0 Å². The van der Waals surface area contributed by atoms with Gasteiger partial charge < -0.3 is 19.8 Å². The molecule has 0 saturated carbocycles. The first-order chi connectivity index (χ1) is 9.54. The Labute approximate surface area is 141 Å². The minimum absolute atomic E-state index is 0. The van der Waals surface area contributed by atoms with Crippen LogP contribution >= 0.6 is 0 Å². The Hall–Kier alpha value is -0.476. The summed E-state index contributed by atoms with van der Waals surface area (Å²) in [6, 6.07) is 0. The van der Waals surface area contributed by atoms with Gasteiger partial charge in [-0.2, -0.15) is 0 Å². The molecule has 0 aliphatic heterocycles. The standard InChI is InChI=1S/2C8H16O2.V/c2*1-2-3-4-5-6-7-8(9)10;/h2*2-7H2,1H3,(H,9,10);/q;;+2/p-2. The average Bonchev–Trinajstić information content (AvgIpc) is 2.38. The van der Waals surface area contributed by atoms with E-state index in [0.717, 1.165) is 38.5 Å². The molecular weight excluding hydrogens is 307 g/mol. The molecule has 0 fully saturated rings. The second kappa shape index (κ2) is 21.8. The van der Waals surface area contributed by atoms with Gasteiger partial charge in [-0.1, -0.05) is 65.2 Å². The zero-order valence-electron chi connectivity index (χ0n) is 13.6. The minimum Gasteiger partial charge on any atom is -0.550 e. The minimum atomic E-state index is -0.920. The number of hydrogen-bond acceptors (Lipinski definition) is 4. The van der Waals surface area contributed by atoms with Crippen LogP contribution in [0.2, 0.25) is 0 Å². The van der Waals surface area contributed by atoms with Gasteiger partial charge in [-0.3, -0.25) is 0 Å². The van der Waals surface area contributed by atoms with Gasteiger partial charge in [-0.05, 0) is 25.7 Å². The predicted octanol–water partition coefficient (Wildman–Crippen LogP) is 2.19. The molecule has 0 saturated heterocycles. The van der Waals surface area contributed by atoms with Gasteiger partial charge in [-0.25, -0.2) is 0 Å². The van der Waals surface area contributed by atoms with Crippen molar-refractivity contribution in [3.8, 4) is 0 Å². The fourth-order valence-corrected chi connectivity index (χ4v) is 1.75. The Morgan fingerprint density at radius 3 is 1.14 bits per heavy atom. The summed E-state index contributed by atoms with van der Waals surface area (Å²) in [5.41, 5.74) is 0. The van der Waals surface area contributed by atoms with Gasteiger partial charge in [0.15, 0.2) is 0 Å². The van der Waals surface area contributed by atoms with Gasteiger partial charge in [0.2, 0.25) is 0 Å². The first-order valence-electron chi connectivity index (χ1n) is 7.94. The van der Waals surface area contributed by atoms with Crippen LogP contribution < -0.4 is 10.2 Å². The van der Waals surface area contributed by atoms with E-state index in [2.05, 4.69) is 13.8 Å². The van der Waals surface area contributed by atoms with Crippen molar-refractivity contribution in [2.24, 2.45) is 0 Å². The van der Waals surface area contributed by atoms with Crippen LogP contribution in [0.4, 0.5) is 0 Å². The molecule has 0 rings (SSSR count). The van der Waals surface area contributed by atoms with Crippen molar-refractivity contribution in [1.29, 1.82) is 0 Å². The molecule has 0 heterocycles. The molecule has 0 aromatic heterocycles. The SMILES string of the molecule is CCCCCCCC(=O)[O-].CCCCCCCC(=O)[O-].[V+2]. The van der Waals surface area contributed by atoms with Crippen LogP contribution in [-0.4, -0.2) is 11.9 Å². The molecule has 0 amide bonds. The molecule has 5 heteroatoms. The van der Waals surface area contributed by atoms with Gasteiger partial charge in [0.05, 0.1) is 0 Å². The van der Waals surface area contributed by atoms with E-state index in [1.54, 1.807) is 0 Å². The molecule has 0 aliphatic carbocycles. The van der Waals surface area contributed by atoms with E-state index in [4.69, 9.17) is 0 Å².